The van der Waals surface area contributed by atoms with E-state index in [1.54, 1.807) is 29.4 Å². The zero-order chi connectivity index (χ0) is 21.1. The van der Waals surface area contributed by atoms with Crippen molar-refractivity contribution in [3.05, 3.63) is 71.2 Å². The minimum absolute atomic E-state index is 0.0811. The minimum atomic E-state index is -0.0811. The number of amides is 1. The second-order valence-corrected chi connectivity index (χ2v) is 6.93. The molecule has 0 aliphatic carbocycles. The number of hydrogen-bond donors (Lipinski definition) is 1. The van der Waals surface area contributed by atoms with Crippen LogP contribution in [0, 0.1) is 11.3 Å². The molecule has 7 nitrogen and oxygen atoms in total. The summed E-state index contributed by atoms with van der Waals surface area (Å²) in [7, 11) is 0. The predicted molar refractivity (Wildman–Crippen MR) is 113 cm³/mol. The highest BCUT2D eigenvalue weighted by atomic mass is 16.5. The Morgan fingerprint density at radius 1 is 1.27 bits per heavy atom. The lowest BCUT2D eigenvalue weighted by molar-refractivity contribution is 0.0734. The van der Waals surface area contributed by atoms with Crippen LogP contribution in [0.5, 0.6) is 5.75 Å². The number of ether oxygens (including phenoxy) is 1. The number of rotatable bonds is 4. The average molecular weight is 399 g/mol. The molecule has 1 aromatic carbocycles. The number of nitriles is 1. The second-order valence-electron chi connectivity index (χ2n) is 6.93. The highest BCUT2D eigenvalue weighted by Crippen LogP contribution is 2.39. The molecule has 7 heteroatoms. The number of pyridine rings is 2. The minimum Gasteiger partial charge on any atom is -0.493 e. The molecule has 30 heavy (non-hydrogen) atoms. The van der Waals surface area contributed by atoms with Gasteiger partial charge in [0.2, 0.25) is 0 Å². The number of anilines is 1. The molecule has 0 atom stereocenters. The number of carbonyl (C=O) groups is 1. The molecule has 0 saturated carbocycles. The van der Waals surface area contributed by atoms with Gasteiger partial charge in [-0.25, -0.2) is 4.98 Å². The van der Waals surface area contributed by atoms with Gasteiger partial charge in [0.05, 0.1) is 12.3 Å². The van der Waals surface area contributed by atoms with Crippen molar-refractivity contribution in [2.75, 3.05) is 18.9 Å². The first kappa shape index (κ1) is 19.4. The molecule has 1 aliphatic heterocycles. The molecule has 1 amide bonds. The van der Waals surface area contributed by atoms with Gasteiger partial charge in [0.25, 0.3) is 5.91 Å². The molecule has 3 heterocycles. The maximum Gasteiger partial charge on any atom is 0.254 e. The molecule has 2 aromatic heterocycles. The van der Waals surface area contributed by atoms with Crippen LogP contribution in [0.2, 0.25) is 0 Å². The Balaban J connectivity index is 1.84. The van der Waals surface area contributed by atoms with Crippen molar-refractivity contribution in [1.82, 2.24) is 14.9 Å². The van der Waals surface area contributed by atoms with Crippen molar-refractivity contribution in [2.24, 2.45) is 0 Å². The van der Waals surface area contributed by atoms with Gasteiger partial charge in [-0.05, 0) is 25.1 Å². The Hall–Kier alpha value is -3.92. The van der Waals surface area contributed by atoms with Gasteiger partial charge in [-0.3, -0.25) is 9.78 Å². The molecule has 0 unspecified atom stereocenters. The van der Waals surface area contributed by atoms with Crippen molar-refractivity contribution in [3.63, 3.8) is 0 Å². The predicted octanol–water partition coefficient (Wildman–Crippen LogP) is 3.19. The third-order valence-corrected chi connectivity index (χ3v) is 5.16. The zero-order valence-corrected chi connectivity index (χ0v) is 16.6. The normalized spacial score (nSPS) is 12.7. The number of para-hydroxylation sites is 1. The van der Waals surface area contributed by atoms with Gasteiger partial charge in [0.1, 0.15) is 23.2 Å². The van der Waals surface area contributed by atoms with E-state index in [-0.39, 0.29) is 11.7 Å². The highest BCUT2D eigenvalue weighted by molar-refractivity contribution is 5.94. The summed E-state index contributed by atoms with van der Waals surface area (Å²) in [6, 6.07) is 13.2. The Labute approximate surface area is 174 Å². The SMILES string of the molecule is CCOc1ccccc1-c1c(C#N)c(N)nc2c1CN(C(=O)c1ccncc1)CC2. The van der Waals surface area contributed by atoms with Gasteiger partial charge >= 0.3 is 0 Å². The Bertz CT molecular complexity index is 1140. The number of nitrogens with two attached hydrogens (primary N) is 1. The number of fused-ring (bicyclic) bond motifs is 1. The molecule has 150 valence electrons. The van der Waals surface area contributed by atoms with E-state index < -0.39 is 0 Å². The molecule has 3 aromatic rings. The van der Waals surface area contributed by atoms with E-state index in [1.165, 1.54) is 0 Å². The topological polar surface area (TPSA) is 105 Å². The molecular formula is C23H21N5O2. The number of nitrogen functional groups attached to an aromatic ring is 1. The zero-order valence-electron chi connectivity index (χ0n) is 16.6. The van der Waals surface area contributed by atoms with E-state index in [0.29, 0.717) is 48.6 Å². The number of nitrogens with zero attached hydrogens (tertiary/aromatic N) is 4. The van der Waals surface area contributed by atoms with Crippen LogP contribution in [-0.2, 0) is 13.0 Å². The van der Waals surface area contributed by atoms with Gasteiger partial charge in [-0.15, -0.1) is 0 Å². The van der Waals surface area contributed by atoms with Gasteiger partial charge < -0.3 is 15.4 Å². The van der Waals surface area contributed by atoms with E-state index >= 15 is 0 Å². The van der Waals surface area contributed by atoms with Gasteiger partial charge in [0, 0.05) is 54.2 Å². The third kappa shape index (κ3) is 3.44. The summed E-state index contributed by atoms with van der Waals surface area (Å²) in [6.45, 7) is 3.27. The van der Waals surface area contributed by atoms with Crippen LogP contribution in [0.25, 0.3) is 11.1 Å². The quantitative estimate of drug-likeness (QED) is 0.722. The summed E-state index contributed by atoms with van der Waals surface area (Å²) in [5.74, 6) is 0.788. The van der Waals surface area contributed by atoms with E-state index in [0.717, 1.165) is 16.8 Å². The van der Waals surface area contributed by atoms with Crippen LogP contribution in [0.4, 0.5) is 5.82 Å². The average Bonchev–Trinajstić information content (AvgIpc) is 2.79. The van der Waals surface area contributed by atoms with Crippen LogP contribution >= 0.6 is 0 Å². The standard InChI is InChI=1S/C23H21N5O2/c1-2-30-20-6-4-3-5-16(20)21-17(13-24)22(25)27-19-9-12-28(14-18(19)21)23(29)15-7-10-26-11-8-15/h3-8,10-11H,2,9,12,14H2,1H3,(H2,25,27). The fraction of sp³-hybridized carbons (Fsp3) is 0.217. The maximum atomic E-state index is 13.0. The van der Waals surface area contributed by atoms with Crippen molar-refractivity contribution in [2.45, 2.75) is 19.9 Å². The molecule has 0 saturated heterocycles. The number of carbonyl (C=O) groups excluding carboxylic acids is 1. The van der Waals surface area contributed by atoms with Crippen molar-refractivity contribution in [3.8, 4) is 22.9 Å². The molecule has 1 aliphatic rings. The fourth-order valence-corrected chi connectivity index (χ4v) is 3.80. The van der Waals surface area contributed by atoms with Gasteiger partial charge in [-0.1, -0.05) is 18.2 Å². The molecule has 0 fully saturated rings. The van der Waals surface area contributed by atoms with Crippen LogP contribution in [0.15, 0.2) is 48.8 Å². The number of hydrogen-bond acceptors (Lipinski definition) is 6. The van der Waals surface area contributed by atoms with Gasteiger partial charge in [0.15, 0.2) is 0 Å². The Morgan fingerprint density at radius 2 is 2.03 bits per heavy atom. The Kier molecular flexibility index (Phi) is 5.31. The first-order valence-electron chi connectivity index (χ1n) is 9.76. The molecule has 4 rings (SSSR count). The summed E-state index contributed by atoms with van der Waals surface area (Å²) < 4.78 is 5.81. The lowest BCUT2D eigenvalue weighted by atomic mass is 9.90. The van der Waals surface area contributed by atoms with Crippen LogP contribution in [0.1, 0.15) is 34.1 Å². The molecule has 0 spiro atoms. The maximum absolute atomic E-state index is 13.0. The molecule has 2 N–H and O–H groups in total. The Morgan fingerprint density at radius 3 is 2.77 bits per heavy atom. The van der Waals surface area contributed by atoms with Crippen molar-refractivity contribution >= 4 is 11.7 Å². The third-order valence-electron chi connectivity index (χ3n) is 5.16. The molecular weight excluding hydrogens is 378 g/mol. The van der Waals surface area contributed by atoms with E-state index in [2.05, 4.69) is 16.0 Å². The van der Waals surface area contributed by atoms with Crippen LogP contribution in [0.3, 0.4) is 0 Å². The number of aromatic nitrogens is 2. The molecule has 0 radical (unpaired) electrons. The summed E-state index contributed by atoms with van der Waals surface area (Å²) in [5, 5.41) is 9.84. The largest absolute Gasteiger partial charge is 0.493 e. The van der Waals surface area contributed by atoms with Crippen molar-refractivity contribution in [1.29, 1.82) is 5.26 Å². The summed E-state index contributed by atoms with van der Waals surface area (Å²) >= 11 is 0. The van der Waals surface area contributed by atoms with Crippen LogP contribution in [-0.4, -0.2) is 33.9 Å². The first-order chi connectivity index (χ1) is 14.6. The van der Waals surface area contributed by atoms with Crippen molar-refractivity contribution < 1.29 is 9.53 Å². The summed E-state index contributed by atoms with van der Waals surface area (Å²) in [6.07, 6.45) is 3.77. The van der Waals surface area contributed by atoms with Crippen LogP contribution < -0.4 is 10.5 Å². The first-order valence-corrected chi connectivity index (χ1v) is 9.76. The lowest BCUT2D eigenvalue weighted by Gasteiger charge is -2.31. The van der Waals surface area contributed by atoms with E-state index in [4.69, 9.17) is 10.5 Å². The smallest absolute Gasteiger partial charge is 0.254 e. The van der Waals surface area contributed by atoms with E-state index in [1.807, 2.05) is 31.2 Å². The summed E-state index contributed by atoms with van der Waals surface area (Å²) in [4.78, 5) is 23.2. The van der Waals surface area contributed by atoms with Gasteiger partial charge in [-0.2, -0.15) is 5.26 Å². The highest BCUT2D eigenvalue weighted by Gasteiger charge is 2.29. The lowest BCUT2D eigenvalue weighted by Crippen LogP contribution is -2.37. The van der Waals surface area contributed by atoms with E-state index in [9.17, 15) is 10.1 Å². The second kappa shape index (κ2) is 8.21. The molecule has 0 bridgehead atoms. The number of benzene rings is 1. The summed E-state index contributed by atoms with van der Waals surface area (Å²) in [5.41, 5.74) is 10.1. The monoisotopic (exact) mass is 399 g/mol. The fourth-order valence-electron chi connectivity index (χ4n) is 3.80.